The molecule has 6 heteroatoms. The summed E-state index contributed by atoms with van der Waals surface area (Å²) >= 11 is 2.07. The van der Waals surface area contributed by atoms with Crippen molar-refractivity contribution >= 4 is 29.7 Å². The Balaban J connectivity index is 1.18. The van der Waals surface area contributed by atoms with Crippen molar-refractivity contribution in [1.82, 2.24) is 10.2 Å². The average Bonchev–Trinajstić information content (AvgIpc) is 2.96. The number of hydrogen-bond acceptors (Lipinski definition) is 4. The average molecular weight is 547 g/mol. The normalized spacial score (nSPS) is 22.8. The summed E-state index contributed by atoms with van der Waals surface area (Å²) < 4.78 is 6.28. The van der Waals surface area contributed by atoms with Gasteiger partial charge in [0, 0.05) is 23.9 Å². The molecular formula is C33H42N2O3S. The van der Waals surface area contributed by atoms with Crippen molar-refractivity contribution in [1.29, 1.82) is 0 Å². The van der Waals surface area contributed by atoms with Gasteiger partial charge in [0.2, 0.25) is 0 Å². The van der Waals surface area contributed by atoms with Crippen LogP contribution in [0.4, 0.5) is 0 Å². The van der Waals surface area contributed by atoms with Crippen LogP contribution < -0.4 is 5.32 Å². The molecule has 2 aliphatic carbocycles. The van der Waals surface area contributed by atoms with Gasteiger partial charge >= 0.3 is 0 Å². The number of carbonyl (C=O) groups excluding carboxylic acids is 2. The standard InChI is InChI=1S/C33H42N2O3S/c1-24-9-7-10-26(21-24)23-35-29-13-5-6-14-30(29)38-31(33(35)37)22-25-15-17-27(18-16-25)32(36)34-19-8-20-39-28-11-3-2-4-12-28/h7,9-10,15-18,21-22,28-30H,2-6,8,11-14,19-20,23H2,1H3,(H,34,36)/b31-22+. The maximum atomic E-state index is 13.6. The third-order valence-electron chi connectivity index (χ3n) is 8.24. The third kappa shape index (κ3) is 7.47. The molecule has 1 saturated heterocycles. The lowest BCUT2D eigenvalue weighted by Crippen LogP contribution is -2.54. The van der Waals surface area contributed by atoms with Gasteiger partial charge in [-0.25, -0.2) is 0 Å². The molecule has 2 saturated carbocycles. The molecule has 39 heavy (non-hydrogen) atoms. The summed E-state index contributed by atoms with van der Waals surface area (Å²) in [7, 11) is 0. The van der Waals surface area contributed by atoms with Gasteiger partial charge in [-0.3, -0.25) is 9.59 Å². The fraction of sp³-hybridized carbons (Fsp3) is 0.515. The van der Waals surface area contributed by atoms with Crippen LogP contribution in [-0.4, -0.2) is 46.4 Å². The fourth-order valence-corrected chi connectivity index (χ4v) is 7.42. The second-order valence-corrected chi connectivity index (χ2v) is 12.7. The van der Waals surface area contributed by atoms with Crippen LogP contribution in [0.3, 0.4) is 0 Å². The molecule has 0 bridgehead atoms. The Bertz CT molecular complexity index is 1160. The second-order valence-electron chi connectivity index (χ2n) is 11.3. The first-order valence-corrected chi connectivity index (χ1v) is 15.9. The molecule has 3 aliphatic rings. The van der Waals surface area contributed by atoms with Gasteiger partial charge in [-0.15, -0.1) is 0 Å². The molecule has 1 heterocycles. The van der Waals surface area contributed by atoms with E-state index >= 15 is 0 Å². The minimum atomic E-state index is -0.0485. The summed E-state index contributed by atoms with van der Waals surface area (Å²) in [4.78, 5) is 28.2. The monoisotopic (exact) mass is 546 g/mol. The van der Waals surface area contributed by atoms with Gasteiger partial charge in [0.1, 0.15) is 6.10 Å². The van der Waals surface area contributed by atoms with Gasteiger partial charge in [0.05, 0.1) is 6.04 Å². The molecule has 0 spiro atoms. The summed E-state index contributed by atoms with van der Waals surface area (Å²) in [5.41, 5.74) is 3.86. The summed E-state index contributed by atoms with van der Waals surface area (Å²) in [6.07, 6.45) is 13.9. The number of morpholine rings is 1. The van der Waals surface area contributed by atoms with Gasteiger partial charge < -0.3 is 15.0 Å². The number of amides is 2. The van der Waals surface area contributed by atoms with E-state index in [4.69, 9.17) is 4.74 Å². The van der Waals surface area contributed by atoms with Crippen LogP contribution >= 0.6 is 11.8 Å². The van der Waals surface area contributed by atoms with E-state index in [1.165, 1.54) is 37.7 Å². The highest BCUT2D eigenvalue weighted by atomic mass is 32.2. The number of rotatable bonds is 9. The Hall–Kier alpha value is -2.73. The van der Waals surface area contributed by atoms with Crippen LogP contribution in [0.2, 0.25) is 0 Å². The summed E-state index contributed by atoms with van der Waals surface area (Å²) in [6.45, 7) is 3.38. The zero-order valence-electron chi connectivity index (χ0n) is 23.2. The van der Waals surface area contributed by atoms with E-state index in [0.29, 0.717) is 24.4 Å². The van der Waals surface area contributed by atoms with Crippen molar-refractivity contribution in [2.75, 3.05) is 12.3 Å². The van der Waals surface area contributed by atoms with Crippen molar-refractivity contribution in [2.24, 2.45) is 0 Å². The van der Waals surface area contributed by atoms with E-state index in [0.717, 1.165) is 54.2 Å². The minimum Gasteiger partial charge on any atom is -0.482 e. The van der Waals surface area contributed by atoms with Gasteiger partial charge in [-0.2, -0.15) is 11.8 Å². The largest absolute Gasteiger partial charge is 0.482 e. The van der Waals surface area contributed by atoms with E-state index in [1.54, 1.807) is 0 Å². The molecule has 2 amide bonds. The Morgan fingerprint density at radius 3 is 2.59 bits per heavy atom. The van der Waals surface area contributed by atoms with Crippen LogP contribution in [0.5, 0.6) is 0 Å². The lowest BCUT2D eigenvalue weighted by Gasteiger charge is -2.44. The molecule has 5 nitrogen and oxygen atoms in total. The lowest BCUT2D eigenvalue weighted by molar-refractivity contribution is -0.149. The number of ether oxygens (including phenoxy) is 1. The molecule has 0 radical (unpaired) electrons. The van der Waals surface area contributed by atoms with Crippen molar-refractivity contribution < 1.29 is 14.3 Å². The molecule has 208 valence electrons. The van der Waals surface area contributed by atoms with Crippen LogP contribution in [-0.2, 0) is 16.1 Å². The van der Waals surface area contributed by atoms with E-state index < -0.39 is 0 Å². The van der Waals surface area contributed by atoms with Crippen LogP contribution in [0.1, 0.15) is 91.3 Å². The first kappa shape index (κ1) is 27.8. The quantitative estimate of drug-likeness (QED) is 0.275. The highest BCUT2D eigenvalue weighted by Crippen LogP contribution is 2.34. The Kier molecular flexibility index (Phi) is 9.67. The highest BCUT2D eigenvalue weighted by molar-refractivity contribution is 7.99. The Morgan fingerprint density at radius 2 is 1.79 bits per heavy atom. The molecule has 2 unspecified atom stereocenters. The van der Waals surface area contributed by atoms with Crippen molar-refractivity contribution in [3.05, 3.63) is 76.5 Å². The topological polar surface area (TPSA) is 58.6 Å². The smallest absolute Gasteiger partial charge is 0.289 e. The molecule has 1 N–H and O–H groups in total. The van der Waals surface area contributed by atoms with Gasteiger partial charge in [-0.1, -0.05) is 67.6 Å². The van der Waals surface area contributed by atoms with Crippen molar-refractivity contribution in [2.45, 2.75) is 95.1 Å². The van der Waals surface area contributed by atoms with E-state index in [1.807, 2.05) is 35.2 Å². The number of hydrogen-bond donors (Lipinski definition) is 1. The zero-order chi connectivity index (χ0) is 27.0. The third-order valence-corrected chi connectivity index (χ3v) is 9.70. The molecule has 1 aliphatic heterocycles. The number of aryl methyl sites for hydroxylation is 1. The molecule has 2 atom stereocenters. The van der Waals surface area contributed by atoms with E-state index in [-0.39, 0.29) is 24.0 Å². The molecule has 5 rings (SSSR count). The van der Waals surface area contributed by atoms with E-state index in [2.05, 4.69) is 48.3 Å². The van der Waals surface area contributed by atoms with Gasteiger partial charge in [0.15, 0.2) is 5.76 Å². The lowest BCUT2D eigenvalue weighted by atomic mass is 9.89. The fourth-order valence-electron chi connectivity index (χ4n) is 6.11. The maximum Gasteiger partial charge on any atom is 0.289 e. The number of thioether (sulfide) groups is 1. The number of fused-ring (bicyclic) bond motifs is 1. The van der Waals surface area contributed by atoms with Crippen LogP contribution in [0.25, 0.3) is 6.08 Å². The zero-order valence-corrected chi connectivity index (χ0v) is 24.0. The molecule has 3 fully saturated rings. The van der Waals surface area contributed by atoms with Gasteiger partial charge in [-0.05, 0) is 80.5 Å². The van der Waals surface area contributed by atoms with E-state index in [9.17, 15) is 9.59 Å². The summed E-state index contributed by atoms with van der Waals surface area (Å²) in [5.74, 6) is 1.41. The number of benzene rings is 2. The molecular weight excluding hydrogens is 504 g/mol. The molecule has 2 aromatic carbocycles. The highest BCUT2D eigenvalue weighted by Gasteiger charge is 2.41. The van der Waals surface area contributed by atoms with Crippen molar-refractivity contribution in [3.8, 4) is 0 Å². The van der Waals surface area contributed by atoms with Crippen LogP contribution in [0.15, 0.2) is 54.3 Å². The minimum absolute atomic E-state index is 0.0360. The van der Waals surface area contributed by atoms with Crippen LogP contribution in [0, 0.1) is 6.92 Å². The SMILES string of the molecule is Cc1cccc(CN2C(=O)/C(=C\c3ccc(C(=O)NCCCSC4CCCCC4)cc3)OC3CCCCC32)c1. The Labute approximate surface area is 237 Å². The molecule has 0 aromatic heterocycles. The first-order chi connectivity index (χ1) is 19.1. The number of carbonyl (C=O) groups is 2. The predicted octanol–water partition coefficient (Wildman–Crippen LogP) is 6.89. The second kappa shape index (κ2) is 13.6. The first-order valence-electron chi connectivity index (χ1n) is 14.8. The summed E-state index contributed by atoms with van der Waals surface area (Å²) in [6, 6.07) is 16.0. The number of nitrogens with one attached hydrogen (secondary N) is 1. The number of nitrogens with zero attached hydrogens (tertiary/aromatic N) is 1. The summed E-state index contributed by atoms with van der Waals surface area (Å²) in [5, 5.41) is 3.87. The van der Waals surface area contributed by atoms with Crippen molar-refractivity contribution in [3.63, 3.8) is 0 Å². The Morgan fingerprint density at radius 1 is 1.03 bits per heavy atom. The molecule has 2 aromatic rings. The maximum absolute atomic E-state index is 13.6. The predicted molar refractivity (Wildman–Crippen MR) is 160 cm³/mol. The van der Waals surface area contributed by atoms with Gasteiger partial charge in [0.25, 0.3) is 11.8 Å².